The van der Waals surface area contributed by atoms with Crippen LogP contribution >= 0.6 is 0 Å². The van der Waals surface area contributed by atoms with E-state index < -0.39 is 15.3 Å². The highest BCUT2D eigenvalue weighted by atomic mass is 28.4. The van der Waals surface area contributed by atoms with Gasteiger partial charge in [-0.1, -0.05) is 13.3 Å². The normalized spacial score (nSPS) is 15.3. The number of hydrogen-bond donors (Lipinski definition) is 0. The number of halogens is 3. The van der Waals surface area contributed by atoms with Crippen LogP contribution in [-0.2, 0) is 4.43 Å². The van der Waals surface area contributed by atoms with Crippen LogP contribution < -0.4 is 0 Å². The SMILES string of the molecule is CCC[Si](F)(F)OC(C)F. The molecule has 0 aromatic heterocycles. The fourth-order valence-electron chi connectivity index (χ4n) is 0.588. The zero-order chi connectivity index (χ0) is 8.20. The summed E-state index contributed by atoms with van der Waals surface area (Å²) in [5.74, 6) is 0. The van der Waals surface area contributed by atoms with Crippen molar-refractivity contribution in [1.29, 1.82) is 0 Å². The Morgan fingerprint density at radius 1 is 1.50 bits per heavy atom. The van der Waals surface area contributed by atoms with E-state index in [1.807, 2.05) is 0 Å². The molecular formula is C5H11F3OSi. The molecule has 0 rings (SSSR count). The van der Waals surface area contributed by atoms with Crippen LogP contribution in [0.5, 0.6) is 0 Å². The van der Waals surface area contributed by atoms with Gasteiger partial charge in [0, 0.05) is 6.04 Å². The van der Waals surface area contributed by atoms with Crippen LogP contribution in [0.15, 0.2) is 0 Å². The molecule has 1 atom stereocenters. The van der Waals surface area contributed by atoms with E-state index in [4.69, 9.17) is 0 Å². The van der Waals surface area contributed by atoms with Gasteiger partial charge in [-0.25, -0.2) is 12.6 Å². The molecule has 0 saturated carbocycles. The van der Waals surface area contributed by atoms with Gasteiger partial charge >= 0.3 is 8.99 Å². The van der Waals surface area contributed by atoms with Gasteiger partial charge in [0.25, 0.3) is 0 Å². The Hall–Kier alpha value is -0.0331. The van der Waals surface area contributed by atoms with Crippen LogP contribution in [-0.4, -0.2) is 15.3 Å². The minimum atomic E-state index is -4.64. The Morgan fingerprint density at radius 2 is 2.00 bits per heavy atom. The summed E-state index contributed by atoms with van der Waals surface area (Å²) in [4.78, 5) is 0. The Morgan fingerprint density at radius 3 is 2.30 bits per heavy atom. The van der Waals surface area contributed by atoms with E-state index in [9.17, 15) is 12.6 Å². The van der Waals surface area contributed by atoms with E-state index in [1.54, 1.807) is 6.92 Å². The van der Waals surface area contributed by atoms with Crippen LogP contribution in [0.4, 0.5) is 12.6 Å². The molecule has 0 radical (unpaired) electrons. The minimum Gasteiger partial charge on any atom is -0.336 e. The van der Waals surface area contributed by atoms with E-state index in [0.717, 1.165) is 6.92 Å². The summed E-state index contributed by atoms with van der Waals surface area (Å²) in [6.45, 7) is 2.59. The zero-order valence-corrected chi connectivity index (χ0v) is 7.03. The molecule has 0 aliphatic carbocycles. The smallest absolute Gasteiger partial charge is 0.336 e. The lowest BCUT2D eigenvalue weighted by atomic mass is 10.6. The standard InChI is InChI=1S/C5H11F3OSi/c1-3-4-10(7,8)9-5(2)6/h5H,3-4H2,1-2H3. The third-order valence-electron chi connectivity index (χ3n) is 0.876. The van der Waals surface area contributed by atoms with Gasteiger partial charge in [-0.05, 0) is 6.92 Å². The highest BCUT2D eigenvalue weighted by Gasteiger charge is 2.38. The molecule has 0 fully saturated rings. The topological polar surface area (TPSA) is 9.23 Å². The van der Waals surface area contributed by atoms with Gasteiger partial charge in [-0.2, -0.15) is 0 Å². The average Bonchev–Trinajstić information content (AvgIpc) is 1.59. The van der Waals surface area contributed by atoms with Crippen LogP contribution in [0.25, 0.3) is 0 Å². The van der Waals surface area contributed by atoms with Crippen molar-refractivity contribution in [2.24, 2.45) is 0 Å². The molecule has 0 spiro atoms. The summed E-state index contributed by atoms with van der Waals surface area (Å²) in [7, 11) is -4.64. The first kappa shape index (κ1) is 9.97. The summed E-state index contributed by atoms with van der Waals surface area (Å²) in [6, 6.07) is -0.290. The lowest BCUT2D eigenvalue weighted by Gasteiger charge is -2.12. The molecular weight excluding hydrogens is 161 g/mol. The first-order valence-corrected chi connectivity index (χ1v) is 5.05. The van der Waals surface area contributed by atoms with Gasteiger partial charge in [-0.15, -0.1) is 0 Å². The van der Waals surface area contributed by atoms with Crippen LogP contribution in [0.3, 0.4) is 0 Å². The fourth-order valence-corrected chi connectivity index (χ4v) is 1.76. The molecule has 0 aromatic carbocycles. The highest BCUT2D eigenvalue weighted by molar-refractivity contribution is 6.59. The summed E-state index contributed by atoms with van der Waals surface area (Å²) >= 11 is 0. The number of hydrogen-bond acceptors (Lipinski definition) is 1. The van der Waals surface area contributed by atoms with Crippen molar-refractivity contribution in [3.05, 3.63) is 0 Å². The summed E-state index contributed by atoms with van der Waals surface area (Å²) in [6.07, 6.45) is -1.50. The largest absolute Gasteiger partial charge is 0.579 e. The van der Waals surface area contributed by atoms with Gasteiger partial charge < -0.3 is 4.43 Å². The maximum absolute atomic E-state index is 12.4. The Kier molecular flexibility index (Phi) is 3.96. The number of rotatable bonds is 4. The Labute approximate surface area is 59.7 Å². The highest BCUT2D eigenvalue weighted by Crippen LogP contribution is 2.19. The lowest BCUT2D eigenvalue weighted by molar-refractivity contribution is 0.0449. The number of alkyl halides is 1. The van der Waals surface area contributed by atoms with Crippen LogP contribution in [0, 0.1) is 0 Å². The van der Waals surface area contributed by atoms with E-state index in [2.05, 4.69) is 4.43 Å². The van der Waals surface area contributed by atoms with Gasteiger partial charge in [0.15, 0.2) is 6.36 Å². The third kappa shape index (κ3) is 4.81. The fraction of sp³-hybridized carbons (Fsp3) is 1.00. The van der Waals surface area contributed by atoms with E-state index >= 15 is 0 Å². The molecule has 10 heavy (non-hydrogen) atoms. The maximum atomic E-state index is 12.4. The van der Waals surface area contributed by atoms with Gasteiger partial charge in [0.05, 0.1) is 0 Å². The molecule has 1 unspecified atom stereocenters. The summed E-state index contributed by atoms with van der Waals surface area (Å²) < 4.78 is 40.4. The molecule has 0 aliphatic rings. The predicted molar refractivity (Wildman–Crippen MR) is 34.7 cm³/mol. The van der Waals surface area contributed by atoms with Crippen molar-refractivity contribution in [1.82, 2.24) is 0 Å². The van der Waals surface area contributed by atoms with Crippen molar-refractivity contribution in [2.45, 2.75) is 32.7 Å². The second kappa shape index (κ2) is 3.97. The monoisotopic (exact) mass is 172 g/mol. The van der Waals surface area contributed by atoms with Crippen molar-refractivity contribution in [2.75, 3.05) is 0 Å². The van der Waals surface area contributed by atoms with E-state index in [1.165, 1.54) is 0 Å². The molecule has 0 bridgehead atoms. The predicted octanol–water partition coefficient (Wildman–Crippen LogP) is 2.61. The van der Waals surface area contributed by atoms with Crippen molar-refractivity contribution < 1.29 is 17.0 Å². The van der Waals surface area contributed by atoms with Crippen molar-refractivity contribution in [3.63, 3.8) is 0 Å². The van der Waals surface area contributed by atoms with Crippen LogP contribution in [0.1, 0.15) is 20.3 Å². The zero-order valence-electron chi connectivity index (χ0n) is 6.03. The average molecular weight is 172 g/mol. The molecule has 5 heteroatoms. The second-order valence-corrected chi connectivity index (χ2v) is 4.06. The molecule has 0 N–H and O–H groups in total. The van der Waals surface area contributed by atoms with E-state index in [0.29, 0.717) is 6.42 Å². The first-order valence-electron chi connectivity index (χ1n) is 3.17. The van der Waals surface area contributed by atoms with E-state index in [-0.39, 0.29) is 6.04 Å². The summed E-state index contributed by atoms with van der Waals surface area (Å²) in [5, 5.41) is 0. The molecule has 0 aliphatic heterocycles. The Bertz CT molecular complexity index is 96.9. The molecule has 62 valence electrons. The molecule has 0 saturated heterocycles. The quantitative estimate of drug-likeness (QED) is 0.468. The lowest BCUT2D eigenvalue weighted by Crippen LogP contribution is -2.29. The van der Waals surface area contributed by atoms with Gasteiger partial charge in [0.2, 0.25) is 0 Å². The second-order valence-electron chi connectivity index (χ2n) is 2.05. The molecule has 0 aromatic rings. The minimum absolute atomic E-state index is 0.290. The first-order chi connectivity index (χ1) is 4.48. The van der Waals surface area contributed by atoms with Gasteiger partial charge in [0.1, 0.15) is 0 Å². The molecule has 0 amide bonds. The van der Waals surface area contributed by atoms with Crippen molar-refractivity contribution >= 4 is 8.99 Å². The third-order valence-corrected chi connectivity index (χ3v) is 2.63. The molecule has 1 nitrogen and oxygen atoms in total. The Balaban J connectivity index is 3.63. The van der Waals surface area contributed by atoms with Gasteiger partial charge in [-0.3, -0.25) is 0 Å². The van der Waals surface area contributed by atoms with Crippen molar-refractivity contribution in [3.8, 4) is 0 Å². The maximum Gasteiger partial charge on any atom is 0.579 e. The molecule has 0 heterocycles. The summed E-state index contributed by atoms with van der Waals surface area (Å²) in [5.41, 5.74) is 0. The van der Waals surface area contributed by atoms with Crippen LogP contribution in [0.2, 0.25) is 6.04 Å².